The molecule has 0 aliphatic carbocycles. The zero-order valence-electron chi connectivity index (χ0n) is 17.9. The molecule has 0 spiro atoms. The van der Waals surface area contributed by atoms with Crippen molar-refractivity contribution >= 4 is 0 Å². The van der Waals surface area contributed by atoms with E-state index < -0.39 is 0 Å². The maximum absolute atomic E-state index is 9.79. The molecule has 0 unspecified atom stereocenters. The Kier molecular flexibility index (Phi) is 7.42. The van der Waals surface area contributed by atoms with Gasteiger partial charge in [0.05, 0.1) is 11.1 Å². The van der Waals surface area contributed by atoms with E-state index in [1.54, 1.807) is 0 Å². The molecule has 0 aliphatic rings. The molecule has 0 saturated carbocycles. The summed E-state index contributed by atoms with van der Waals surface area (Å²) in [5, 5.41) is 19.5. The number of rotatable bonds is 8. The molecule has 0 N–H and O–H groups in total. The lowest BCUT2D eigenvalue weighted by atomic mass is 9.90. The molecule has 0 amide bonds. The molecule has 0 fully saturated rings. The summed E-state index contributed by atoms with van der Waals surface area (Å²) in [6, 6.07) is 25.6. The second kappa shape index (κ2) is 10.4. The predicted octanol–water partition coefficient (Wildman–Crippen LogP) is 7.45. The first-order valence-electron chi connectivity index (χ1n) is 10.9. The van der Waals surface area contributed by atoms with Gasteiger partial charge < -0.3 is 0 Å². The Bertz CT molecular complexity index is 1060. The van der Waals surface area contributed by atoms with E-state index in [2.05, 4.69) is 62.4 Å². The highest BCUT2D eigenvalue weighted by Gasteiger charge is 2.14. The summed E-state index contributed by atoms with van der Waals surface area (Å²) in [4.78, 5) is 0. The van der Waals surface area contributed by atoms with Gasteiger partial charge in [-0.2, -0.15) is 10.5 Å². The number of unbranched alkanes of at least 4 members (excludes halogenated alkanes) is 2. The van der Waals surface area contributed by atoms with Crippen LogP contribution in [-0.4, -0.2) is 0 Å². The Morgan fingerprint density at radius 1 is 0.600 bits per heavy atom. The Balaban J connectivity index is 1.90. The molecular weight excluding hydrogens is 364 g/mol. The van der Waals surface area contributed by atoms with Crippen LogP contribution in [0.3, 0.4) is 0 Å². The average Bonchev–Trinajstić information content (AvgIpc) is 2.79. The van der Waals surface area contributed by atoms with Gasteiger partial charge in [-0.05, 0) is 47.1 Å². The third kappa shape index (κ3) is 4.79. The molecule has 0 atom stereocenters. The van der Waals surface area contributed by atoms with Gasteiger partial charge in [-0.1, -0.05) is 93.8 Å². The van der Waals surface area contributed by atoms with E-state index in [0.29, 0.717) is 11.1 Å². The van der Waals surface area contributed by atoms with Crippen LogP contribution in [0, 0.1) is 22.7 Å². The summed E-state index contributed by atoms with van der Waals surface area (Å²) < 4.78 is 0. The monoisotopic (exact) mass is 392 g/mol. The van der Waals surface area contributed by atoms with E-state index >= 15 is 0 Å². The fourth-order valence-corrected chi connectivity index (χ4v) is 3.90. The van der Waals surface area contributed by atoms with Crippen molar-refractivity contribution < 1.29 is 0 Å². The fraction of sp³-hybridized carbons (Fsp3) is 0.286. The molecule has 0 radical (unpaired) electrons. The third-order valence-corrected chi connectivity index (χ3v) is 5.59. The lowest BCUT2D eigenvalue weighted by Crippen LogP contribution is -1.97. The number of hydrogen-bond donors (Lipinski definition) is 0. The quantitative estimate of drug-likeness (QED) is 0.374. The van der Waals surface area contributed by atoms with Gasteiger partial charge in [0.1, 0.15) is 12.1 Å². The van der Waals surface area contributed by atoms with Crippen LogP contribution in [0.1, 0.15) is 61.8 Å². The Morgan fingerprint density at radius 2 is 1.20 bits per heavy atom. The Hall–Kier alpha value is -3.36. The van der Waals surface area contributed by atoms with Gasteiger partial charge in [0, 0.05) is 5.56 Å². The van der Waals surface area contributed by atoms with Crippen LogP contribution >= 0.6 is 0 Å². The van der Waals surface area contributed by atoms with Crippen LogP contribution in [0.2, 0.25) is 0 Å². The van der Waals surface area contributed by atoms with Crippen LogP contribution in [0.4, 0.5) is 0 Å². The molecule has 150 valence electrons. The molecule has 0 heterocycles. The fourth-order valence-electron chi connectivity index (χ4n) is 3.90. The van der Waals surface area contributed by atoms with Crippen LogP contribution < -0.4 is 0 Å². The summed E-state index contributed by atoms with van der Waals surface area (Å²) >= 11 is 0. The van der Waals surface area contributed by atoms with Gasteiger partial charge in [0.15, 0.2) is 0 Å². The lowest BCUT2D eigenvalue weighted by molar-refractivity contribution is 0.716. The second-order valence-corrected chi connectivity index (χ2v) is 7.73. The summed E-state index contributed by atoms with van der Waals surface area (Å²) in [5.74, 6) is 0. The van der Waals surface area contributed by atoms with Gasteiger partial charge in [-0.25, -0.2) is 0 Å². The van der Waals surface area contributed by atoms with Gasteiger partial charge in [-0.3, -0.25) is 0 Å². The normalized spacial score (nSPS) is 10.4. The maximum Gasteiger partial charge on any atom is 0.101 e. The summed E-state index contributed by atoms with van der Waals surface area (Å²) in [6.45, 7) is 4.36. The van der Waals surface area contributed by atoms with Crippen molar-refractivity contribution in [3.05, 3.63) is 82.9 Å². The molecule has 3 rings (SSSR count). The van der Waals surface area contributed by atoms with E-state index in [4.69, 9.17) is 0 Å². The van der Waals surface area contributed by atoms with E-state index in [0.717, 1.165) is 60.8 Å². The Labute approximate surface area is 180 Å². The van der Waals surface area contributed by atoms with Crippen LogP contribution in [0.5, 0.6) is 0 Å². The molecule has 2 heteroatoms. The first kappa shape index (κ1) is 21.4. The van der Waals surface area contributed by atoms with Crippen molar-refractivity contribution in [2.75, 3.05) is 0 Å². The largest absolute Gasteiger partial charge is 0.192 e. The minimum atomic E-state index is 0.489. The van der Waals surface area contributed by atoms with E-state index in [-0.39, 0.29) is 0 Å². The van der Waals surface area contributed by atoms with Gasteiger partial charge in [-0.15, -0.1) is 0 Å². The van der Waals surface area contributed by atoms with E-state index in [1.807, 2.05) is 24.3 Å². The van der Waals surface area contributed by atoms with E-state index in [1.165, 1.54) is 11.1 Å². The number of nitriles is 2. The van der Waals surface area contributed by atoms with Crippen LogP contribution in [0.25, 0.3) is 22.3 Å². The number of benzene rings is 3. The minimum absolute atomic E-state index is 0.489. The number of hydrogen-bond acceptors (Lipinski definition) is 2. The van der Waals surface area contributed by atoms with Crippen molar-refractivity contribution in [3.8, 4) is 34.4 Å². The predicted molar refractivity (Wildman–Crippen MR) is 124 cm³/mol. The van der Waals surface area contributed by atoms with E-state index in [9.17, 15) is 10.5 Å². The van der Waals surface area contributed by atoms with Crippen molar-refractivity contribution in [1.82, 2.24) is 0 Å². The second-order valence-electron chi connectivity index (χ2n) is 7.73. The third-order valence-electron chi connectivity index (χ3n) is 5.59. The summed E-state index contributed by atoms with van der Waals surface area (Å²) in [7, 11) is 0. The van der Waals surface area contributed by atoms with Crippen molar-refractivity contribution in [2.24, 2.45) is 0 Å². The Morgan fingerprint density at radius 3 is 1.77 bits per heavy atom. The molecule has 3 aromatic rings. The van der Waals surface area contributed by atoms with Gasteiger partial charge in [0.2, 0.25) is 0 Å². The number of aryl methyl sites for hydroxylation is 2. The zero-order chi connectivity index (χ0) is 21.3. The maximum atomic E-state index is 9.79. The smallest absolute Gasteiger partial charge is 0.101 e. The van der Waals surface area contributed by atoms with Gasteiger partial charge in [0.25, 0.3) is 0 Å². The standard InChI is InChI=1S/C28H28N2/c1-3-5-6-8-24-17-18-26(28(20-30)27(24)19-29)25-15-13-23(14-16-25)22-11-9-21(7-4-2)10-12-22/h9-18H,3-8H2,1-2H3. The highest BCUT2D eigenvalue weighted by molar-refractivity contribution is 5.77. The molecule has 3 aromatic carbocycles. The molecule has 0 bridgehead atoms. The highest BCUT2D eigenvalue weighted by atomic mass is 14.3. The minimum Gasteiger partial charge on any atom is -0.192 e. The zero-order valence-corrected chi connectivity index (χ0v) is 17.9. The molecular formula is C28H28N2. The highest BCUT2D eigenvalue weighted by Crippen LogP contribution is 2.31. The van der Waals surface area contributed by atoms with Crippen molar-refractivity contribution in [1.29, 1.82) is 10.5 Å². The van der Waals surface area contributed by atoms with Crippen molar-refractivity contribution in [3.63, 3.8) is 0 Å². The molecule has 2 nitrogen and oxygen atoms in total. The first-order chi connectivity index (χ1) is 14.7. The van der Waals surface area contributed by atoms with Crippen LogP contribution in [0.15, 0.2) is 60.7 Å². The lowest BCUT2D eigenvalue weighted by Gasteiger charge is -2.11. The van der Waals surface area contributed by atoms with Crippen LogP contribution in [-0.2, 0) is 12.8 Å². The molecule has 0 saturated heterocycles. The van der Waals surface area contributed by atoms with Gasteiger partial charge >= 0.3 is 0 Å². The molecule has 0 aliphatic heterocycles. The molecule has 30 heavy (non-hydrogen) atoms. The van der Waals surface area contributed by atoms with Crippen molar-refractivity contribution in [2.45, 2.75) is 52.4 Å². The SMILES string of the molecule is CCCCCc1ccc(-c2ccc(-c3ccc(CCC)cc3)cc2)c(C#N)c1C#N. The number of nitrogens with zero attached hydrogens (tertiary/aromatic N) is 2. The first-order valence-corrected chi connectivity index (χ1v) is 10.9. The summed E-state index contributed by atoms with van der Waals surface area (Å²) in [5.41, 5.74) is 7.50. The average molecular weight is 393 g/mol. The summed E-state index contributed by atoms with van der Waals surface area (Å²) in [6.07, 6.45) is 6.41. The molecule has 0 aromatic heterocycles. The topological polar surface area (TPSA) is 47.6 Å².